The summed E-state index contributed by atoms with van der Waals surface area (Å²) >= 11 is 5.78. The minimum atomic E-state index is -0.0904. The third-order valence-electron chi connectivity index (χ3n) is 2.12. The van der Waals surface area contributed by atoms with Gasteiger partial charge >= 0.3 is 0 Å². The van der Waals surface area contributed by atoms with Crippen molar-refractivity contribution < 1.29 is 4.73 Å². The molecule has 0 amide bonds. The molecule has 0 saturated carbocycles. The first-order valence-corrected chi connectivity index (χ1v) is 4.52. The second kappa shape index (κ2) is 3.30. The lowest BCUT2D eigenvalue weighted by Gasteiger charge is -2.09. The predicted octanol–water partition coefficient (Wildman–Crippen LogP) is 1.58. The third-order valence-corrected chi connectivity index (χ3v) is 2.36. The molecule has 0 atom stereocenters. The zero-order chi connectivity index (χ0) is 11.0. The van der Waals surface area contributed by atoms with Crippen molar-refractivity contribution in [1.29, 1.82) is 5.26 Å². The molecule has 2 rings (SSSR count). The van der Waals surface area contributed by atoms with Crippen LogP contribution < -0.4 is 10.5 Å². The van der Waals surface area contributed by atoms with Crippen molar-refractivity contribution in [3.8, 4) is 6.07 Å². The van der Waals surface area contributed by atoms with Crippen LogP contribution >= 0.6 is 11.6 Å². The second-order valence-electron chi connectivity index (χ2n) is 3.05. The number of rotatable bonds is 0. The fourth-order valence-electron chi connectivity index (χ4n) is 1.38. The number of fused-ring (bicyclic) bond motifs is 1. The van der Waals surface area contributed by atoms with E-state index in [9.17, 15) is 5.21 Å². The Morgan fingerprint density at radius 2 is 2.13 bits per heavy atom. The van der Waals surface area contributed by atoms with Gasteiger partial charge in [0.15, 0.2) is 0 Å². The van der Waals surface area contributed by atoms with Gasteiger partial charge in [-0.25, -0.2) is 4.73 Å². The number of nitrogens with zero attached hydrogens (tertiary/aromatic N) is 2. The molecule has 0 aliphatic carbocycles. The second-order valence-corrected chi connectivity index (χ2v) is 3.49. The molecule has 0 bridgehead atoms. The minimum Gasteiger partial charge on any atom is -0.710 e. The molecule has 74 valence electrons. The molecule has 2 aromatic rings. The van der Waals surface area contributed by atoms with Gasteiger partial charge in [-0.1, -0.05) is 11.6 Å². The summed E-state index contributed by atoms with van der Waals surface area (Å²) in [6, 6.07) is 8.19. The molecule has 0 saturated heterocycles. The standard InChI is InChI=1S/C10H6ClN3O/c11-8-1-2-9-6(4-8)3-7(5-12)10(13)14(9)15/h1-4H,13H2. The zero-order valence-corrected chi connectivity index (χ0v) is 8.32. The van der Waals surface area contributed by atoms with E-state index in [0.29, 0.717) is 20.7 Å². The minimum absolute atomic E-state index is 0.0904. The van der Waals surface area contributed by atoms with Gasteiger partial charge in [0.05, 0.1) is 0 Å². The Morgan fingerprint density at radius 1 is 1.40 bits per heavy atom. The van der Waals surface area contributed by atoms with Crippen LogP contribution in [-0.4, -0.2) is 0 Å². The maximum Gasteiger partial charge on any atom is 0.294 e. The highest BCUT2D eigenvalue weighted by atomic mass is 35.5. The summed E-state index contributed by atoms with van der Waals surface area (Å²) in [4.78, 5) is 0. The van der Waals surface area contributed by atoms with Crippen LogP contribution in [0.5, 0.6) is 0 Å². The van der Waals surface area contributed by atoms with Crippen molar-refractivity contribution in [2.24, 2.45) is 0 Å². The molecule has 1 aromatic carbocycles. The molecule has 0 fully saturated rings. The smallest absolute Gasteiger partial charge is 0.294 e. The SMILES string of the molecule is N#Cc1cc2cc(Cl)ccc2[n+]([O-])c1N. The van der Waals surface area contributed by atoms with Gasteiger partial charge in [0, 0.05) is 10.4 Å². The number of nitrogen functional groups attached to an aromatic ring is 1. The number of halogens is 1. The van der Waals surface area contributed by atoms with E-state index in [-0.39, 0.29) is 11.4 Å². The predicted molar refractivity (Wildman–Crippen MR) is 57.0 cm³/mol. The molecule has 1 heterocycles. The van der Waals surface area contributed by atoms with E-state index in [1.54, 1.807) is 24.3 Å². The van der Waals surface area contributed by atoms with Crippen LogP contribution in [0, 0.1) is 16.5 Å². The van der Waals surface area contributed by atoms with Gasteiger partial charge < -0.3 is 5.21 Å². The van der Waals surface area contributed by atoms with Crippen LogP contribution in [0.4, 0.5) is 5.82 Å². The topological polar surface area (TPSA) is 76.8 Å². The number of nitrogens with two attached hydrogens (primary N) is 1. The highest BCUT2D eigenvalue weighted by Gasteiger charge is 2.11. The maximum absolute atomic E-state index is 11.6. The van der Waals surface area contributed by atoms with Crippen LogP contribution in [0.25, 0.3) is 10.9 Å². The lowest BCUT2D eigenvalue weighted by Crippen LogP contribution is -2.32. The number of nitriles is 1. The molecule has 2 N–H and O–H groups in total. The first kappa shape index (κ1) is 9.56. The summed E-state index contributed by atoms with van der Waals surface area (Å²) in [6.45, 7) is 0. The number of hydrogen-bond acceptors (Lipinski definition) is 3. The van der Waals surface area contributed by atoms with Crippen LogP contribution in [-0.2, 0) is 0 Å². The van der Waals surface area contributed by atoms with E-state index >= 15 is 0 Å². The lowest BCUT2D eigenvalue weighted by molar-refractivity contribution is -0.561. The monoisotopic (exact) mass is 219 g/mol. The molecule has 0 radical (unpaired) electrons. The summed E-state index contributed by atoms with van der Waals surface area (Å²) in [5.74, 6) is -0.0904. The quantitative estimate of drug-likeness (QED) is 0.540. The zero-order valence-electron chi connectivity index (χ0n) is 7.57. The van der Waals surface area contributed by atoms with Crippen molar-refractivity contribution in [2.75, 3.05) is 5.73 Å². The molecule has 4 nitrogen and oxygen atoms in total. The van der Waals surface area contributed by atoms with E-state index in [1.807, 2.05) is 6.07 Å². The Morgan fingerprint density at radius 3 is 2.80 bits per heavy atom. The van der Waals surface area contributed by atoms with Crippen molar-refractivity contribution in [1.82, 2.24) is 0 Å². The van der Waals surface area contributed by atoms with Crippen LogP contribution in [0.2, 0.25) is 5.02 Å². The maximum atomic E-state index is 11.6. The Hall–Kier alpha value is -1.99. The summed E-state index contributed by atoms with van der Waals surface area (Å²) < 4.78 is 0.532. The lowest BCUT2D eigenvalue weighted by atomic mass is 10.1. The molecule has 0 spiro atoms. The number of pyridine rings is 1. The van der Waals surface area contributed by atoms with E-state index in [0.717, 1.165) is 0 Å². The third kappa shape index (κ3) is 1.43. The summed E-state index contributed by atoms with van der Waals surface area (Å²) in [5.41, 5.74) is 6.04. The first-order chi connectivity index (χ1) is 7.13. The van der Waals surface area contributed by atoms with Crippen molar-refractivity contribution in [2.45, 2.75) is 0 Å². The Bertz CT molecular complexity index is 589. The average molecular weight is 220 g/mol. The van der Waals surface area contributed by atoms with Crippen molar-refractivity contribution in [3.63, 3.8) is 0 Å². The molecule has 1 aromatic heterocycles. The van der Waals surface area contributed by atoms with Gasteiger partial charge in [-0.15, -0.1) is 0 Å². The van der Waals surface area contributed by atoms with Gasteiger partial charge in [-0.3, -0.25) is 5.73 Å². The van der Waals surface area contributed by atoms with E-state index in [1.165, 1.54) is 0 Å². The number of aromatic nitrogens is 1. The number of benzene rings is 1. The Balaban J connectivity index is 2.92. The Kier molecular flexibility index (Phi) is 2.10. The van der Waals surface area contributed by atoms with Gasteiger partial charge in [0.1, 0.15) is 17.1 Å². The van der Waals surface area contributed by atoms with Gasteiger partial charge in [0.25, 0.3) is 5.82 Å². The molecule has 15 heavy (non-hydrogen) atoms. The Labute approximate surface area is 90.7 Å². The number of anilines is 1. The van der Waals surface area contributed by atoms with Crippen LogP contribution in [0.3, 0.4) is 0 Å². The molecular weight excluding hydrogens is 214 g/mol. The molecule has 0 aliphatic rings. The molecule has 0 unspecified atom stereocenters. The molecular formula is C10H6ClN3O. The van der Waals surface area contributed by atoms with Crippen molar-refractivity contribution in [3.05, 3.63) is 40.1 Å². The van der Waals surface area contributed by atoms with E-state index in [4.69, 9.17) is 22.6 Å². The van der Waals surface area contributed by atoms with Crippen LogP contribution in [0.1, 0.15) is 5.56 Å². The van der Waals surface area contributed by atoms with E-state index < -0.39 is 0 Å². The van der Waals surface area contributed by atoms with E-state index in [2.05, 4.69) is 0 Å². The molecule has 5 heteroatoms. The molecule has 0 aliphatic heterocycles. The largest absolute Gasteiger partial charge is 0.710 e. The van der Waals surface area contributed by atoms with Crippen LogP contribution in [0.15, 0.2) is 24.3 Å². The van der Waals surface area contributed by atoms with Gasteiger partial charge in [-0.2, -0.15) is 5.26 Å². The summed E-state index contributed by atoms with van der Waals surface area (Å²) in [7, 11) is 0. The van der Waals surface area contributed by atoms with Gasteiger partial charge in [-0.05, 0) is 24.3 Å². The fourth-order valence-corrected chi connectivity index (χ4v) is 1.56. The van der Waals surface area contributed by atoms with Gasteiger partial charge in [0.2, 0.25) is 0 Å². The first-order valence-electron chi connectivity index (χ1n) is 4.15. The number of hydrogen-bond donors (Lipinski definition) is 1. The average Bonchev–Trinajstić information content (AvgIpc) is 2.23. The highest BCUT2D eigenvalue weighted by molar-refractivity contribution is 6.31. The fraction of sp³-hybridized carbons (Fsp3) is 0. The summed E-state index contributed by atoms with van der Waals surface area (Å²) in [5, 5.41) is 21.5. The normalized spacial score (nSPS) is 10.1. The summed E-state index contributed by atoms with van der Waals surface area (Å²) in [6.07, 6.45) is 0. The highest BCUT2D eigenvalue weighted by Crippen LogP contribution is 2.19. The van der Waals surface area contributed by atoms with Crippen molar-refractivity contribution >= 4 is 28.3 Å².